The first-order chi connectivity index (χ1) is 9.20. The van der Waals surface area contributed by atoms with Crippen LogP contribution in [0.15, 0.2) is 0 Å². The summed E-state index contributed by atoms with van der Waals surface area (Å²) >= 11 is 0. The number of ether oxygens (including phenoxy) is 2. The molecule has 0 radical (unpaired) electrons. The Morgan fingerprint density at radius 3 is 2.65 bits per heavy atom. The van der Waals surface area contributed by atoms with E-state index >= 15 is 0 Å². The Hall–Kier alpha value is -0.820. The van der Waals surface area contributed by atoms with Crippen LogP contribution in [0.5, 0.6) is 0 Å². The average molecular weight is 297 g/mol. The summed E-state index contributed by atoms with van der Waals surface area (Å²) in [5.41, 5.74) is -1.31. The van der Waals surface area contributed by atoms with E-state index in [9.17, 15) is 18.0 Å². The zero-order chi connectivity index (χ0) is 15.4. The lowest BCUT2D eigenvalue weighted by atomic mass is 9.83. The number of halogens is 3. The highest BCUT2D eigenvalue weighted by atomic mass is 19.4. The summed E-state index contributed by atoms with van der Waals surface area (Å²) in [5.74, 6) is -0.505. The normalized spacial score (nSPS) is 27.6. The summed E-state index contributed by atoms with van der Waals surface area (Å²) in [6, 6.07) is 0. The highest BCUT2D eigenvalue weighted by molar-refractivity contribution is 5.81. The molecule has 0 aromatic heterocycles. The standard InChI is InChI=1S/C13H22F3NO3/c1-4-19-11(18)12(17-8-13(14,15)16)5-6-20-10(7-12)9(2)3/h9-10,17H,4-8H2,1-3H3. The van der Waals surface area contributed by atoms with Crippen LogP contribution in [0.2, 0.25) is 0 Å². The van der Waals surface area contributed by atoms with Crippen LogP contribution in [0.4, 0.5) is 13.2 Å². The fourth-order valence-electron chi connectivity index (χ4n) is 2.27. The Balaban J connectivity index is 2.86. The lowest BCUT2D eigenvalue weighted by molar-refractivity contribution is -0.165. The van der Waals surface area contributed by atoms with Gasteiger partial charge in [-0.1, -0.05) is 13.8 Å². The molecule has 1 fully saturated rings. The Labute approximate surface area is 117 Å². The van der Waals surface area contributed by atoms with E-state index < -0.39 is 24.2 Å². The lowest BCUT2D eigenvalue weighted by Gasteiger charge is -2.41. The average Bonchev–Trinajstić information content (AvgIpc) is 2.36. The van der Waals surface area contributed by atoms with Crippen LogP contribution >= 0.6 is 0 Å². The molecule has 0 spiro atoms. The van der Waals surface area contributed by atoms with Crippen LogP contribution in [-0.4, -0.2) is 43.5 Å². The van der Waals surface area contributed by atoms with Crippen molar-refractivity contribution < 1.29 is 27.4 Å². The minimum absolute atomic E-state index is 0.122. The second-order valence-electron chi connectivity index (χ2n) is 5.38. The number of esters is 1. The number of carbonyl (C=O) groups excluding carboxylic acids is 1. The number of hydrogen-bond donors (Lipinski definition) is 1. The van der Waals surface area contributed by atoms with E-state index in [1.165, 1.54) is 0 Å². The number of rotatable bonds is 5. The molecule has 0 amide bonds. The fraction of sp³-hybridized carbons (Fsp3) is 0.923. The highest BCUT2D eigenvalue weighted by Crippen LogP contribution is 2.31. The first kappa shape index (κ1) is 17.2. The van der Waals surface area contributed by atoms with Gasteiger partial charge in [-0.05, 0) is 19.3 Å². The van der Waals surface area contributed by atoms with Crippen LogP contribution in [0.25, 0.3) is 0 Å². The van der Waals surface area contributed by atoms with E-state index in [2.05, 4.69) is 5.32 Å². The molecule has 1 aliphatic heterocycles. The summed E-state index contributed by atoms with van der Waals surface area (Å²) in [6.45, 7) is 4.63. The van der Waals surface area contributed by atoms with Crippen molar-refractivity contribution in [2.75, 3.05) is 19.8 Å². The fourth-order valence-corrected chi connectivity index (χ4v) is 2.27. The van der Waals surface area contributed by atoms with Gasteiger partial charge in [-0.25, -0.2) is 0 Å². The molecule has 0 aliphatic carbocycles. The van der Waals surface area contributed by atoms with Gasteiger partial charge in [0.2, 0.25) is 0 Å². The molecule has 0 bridgehead atoms. The molecule has 2 unspecified atom stereocenters. The highest BCUT2D eigenvalue weighted by Gasteiger charge is 2.47. The predicted molar refractivity (Wildman–Crippen MR) is 67.2 cm³/mol. The van der Waals surface area contributed by atoms with Crippen LogP contribution < -0.4 is 5.32 Å². The van der Waals surface area contributed by atoms with Gasteiger partial charge in [0, 0.05) is 13.0 Å². The predicted octanol–water partition coefficient (Wildman–Crippen LogP) is 2.28. The molecule has 1 heterocycles. The van der Waals surface area contributed by atoms with Crippen LogP contribution in [0, 0.1) is 5.92 Å². The van der Waals surface area contributed by atoms with Gasteiger partial charge in [-0.3, -0.25) is 10.1 Å². The Morgan fingerprint density at radius 1 is 1.50 bits per heavy atom. The van der Waals surface area contributed by atoms with Crippen molar-refractivity contribution in [3.63, 3.8) is 0 Å². The van der Waals surface area contributed by atoms with Crippen LogP contribution in [0.3, 0.4) is 0 Å². The van der Waals surface area contributed by atoms with Gasteiger partial charge in [0.25, 0.3) is 0 Å². The van der Waals surface area contributed by atoms with Gasteiger partial charge < -0.3 is 9.47 Å². The number of alkyl halides is 3. The van der Waals surface area contributed by atoms with Gasteiger partial charge >= 0.3 is 12.1 Å². The molecule has 1 aliphatic rings. The largest absolute Gasteiger partial charge is 0.465 e. The Bertz CT molecular complexity index is 333. The summed E-state index contributed by atoms with van der Waals surface area (Å²) in [7, 11) is 0. The van der Waals surface area contributed by atoms with Crippen LogP contribution in [-0.2, 0) is 14.3 Å². The number of hydrogen-bond acceptors (Lipinski definition) is 4. The topological polar surface area (TPSA) is 47.6 Å². The van der Waals surface area contributed by atoms with Crippen molar-refractivity contribution in [2.45, 2.75) is 51.4 Å². The van der Waals surface area contributed by atoms with Crippen molar-refractivity contribution >= 4 is 5.97 Å². The Kier molecular flexibility index (Phi) is 5.82. The molecule has 20 heavy (non-hydrogen) atoms. The van der Waals surface area contributed by atoms with E-state index in [4.69, 9.17) is 9.47 Å². The van der Waals surface area contributed by atoms with Crippen molar-refractivity contribution in [1.29, 1.82) is 0 Å². The van der Waals surface area contributed by atoms with Gasteiger partial charge in [-0.2, -0.15) is 13.2 Å². The summed E-state index contributed by atoms with van der Waals surface area (Å²) in [5, 5.41) is 2.36. The van der Waals surface area contributed by atoms with E-state index in [0.29, 0.717) is 0 Å². The van der Waals surface area contributed by atoms with E-state index in [1.807, 2.05) is 13.8 Å². The maximum atomic E-state index is 12.4. The zero-order valence-corrected chi connectivity index (χ0v) is 12.0. The van der Waals surface area contributed by atoms with Gasteiger partial charge in [0.05, 0.1) is 19.3 Å². The van der Waals surface area contributed by atoms with Gasteiger partial charge in [0.1, 0.15) is 5.54 Å². The Morgan fingerprint density at radius 2 is 2.15 bits per heavy atom. The molecule has 1 rings (SSSR count). The number of nitrogens with one attached hydrogen (secondary N) is 1. The quantitative estimate of drug-likeness (QED) is 0.791. The minimum Gasteiger partial charge on any atom is -0.465 e. The third-order valence-corrected chi connectivity index (χ3v) is 3.45. The molecule has 7 heteroatoms. The summed E-state index contributed by atoms with van der Waals surface area (Å²) in [4.78, 5) is 12.1. The second kappa shape index (κ2) is 6.76. The van der Waals surface area contributed by atoms with Crippen molar-refractivity contribution in [3.05, 3.63) is 0 Å². The molecular formula is C13H22F3NO3. The molecule has 1 saturated heterocycles. The van der Waals surface area contributed by atoms with Gasteiger partial charge in [0.15, 0.2) is 0 Å². The molecule has 4 nitrogen and oxygen atoms in total. The second-order valence-corrected chi connectivity index (χ2v) is 5.38. The molecule has 2 atom stereocenters. The lowest BCUT2D eigenvalue weighted by Crippen LogP contribution is -2.60. The minimum atomic E-state index is -4.37. The first-order valence-corrected chi connectivity index (χ1v) is 6.81. The van der Waals surface area contributed by atoms with E-state index in [1.54, 1.807) is 6.92 Å². The first-order valence-electron chi connectivity index (χ1n) is 6.81. The molecule has 0 aromatic rings. The molecule has 0 aromatic carbocycles. The van der Waals surface area contributed by atoms with E-state index in [0.717, 1.165) is 0 Å². The maximum Gasteiger partial charge on any atom is 0.401 e. The van der Waals surface area contributed by atoms with E-state index in [-0.39, 0.29) is 38.1 Å². The monoisotopic (exact) mass is 297 g/mol. The molecule has 1 N–H and O–H groups in total. The molecule has 0 saturated carbocycles. The van der Waals surface area contributed by atoms with Crippen molar-refractivity contribution in [3.8, 4) is 0 Å². The maximum absolute atomic E-state index is 12.4. The summed E-state index contributed by atoms with van der Waals surface area (Å²) < 4.78 is 47.8. The zero-order valence-electron chi connectivity index (χ0n) is 12.0. The smallest absolute Gasteiger partial charge is 0.401 e. The summed E-state index contributed by atoms with van der Waals surface area (Å²) in [6.07, 6.45) is -4.25. The third-order valence-electron chi connectivity index (χ3n) is 3.45. The van der Waals surface area contributed by atoms with Crippen LogP contribution in [0.1, 0.15) is 33.6 Å². The number of carbonyl (C=O) groups is 1. The molecule has 118 valence electrons. The third kappa shape index (κ3) is 4.63. The van der Waals surface area contributed by atoms with Crippen molar-refractivity contribution in [2.24, 2.45) is 5.92 Å². The van der Waals surface area contributed by atoms with Crippen molar-refractivity contribution in [1.82, 2.24) is 5.32 Å². The SMILES string of the molecule is CCOC(=O)C1(NCC(F)(F)F)CCOC(C(C)C)C1. The van der Waals surface area contributed by atoms with Gasteiger partial charge in [-0.15, -0.1) is 0 Å². The molecular weight excluding hydrogens is 275 g/mol.